The van der Waals surface area contributed by atoms with Gasteiger partial charge in [-0.2, -0.15) is 5.26 Å². The molecule has 0 radical (unpaired) electrons. The van der Waals surface area contributed by atoms with Crippen LogP contribution in [-0.2, 0) is 14.3 Å². The SMILES string of the molecule is C=C(C)C.N#COCCOC=O. The summed E-state index contributed by atoms with van der Waals surface area (Å²) in [6.45, 7) is 8.08. The highest BCUT2D eigenvalue weighted by Crippen LogP contribution is 1.73. The normalized spacial score (nSPS) is 6.75. The quantitative estimate of drug-likeness (QED) is 0.276. The summed E-state index contributed by atoms with van der Waals surface area (Å²) in [6.07, 6.45) is 1.43. The van der Waals surface area contributed by atoms with E-state index in [9.17, 15) is 4.79 Å². The van der Waals surface area contributed by atoms with Crippen LogP contribution in [0.4, 0.5) is 0 Å². The minimum absolute atomic E-state index is 0.134. The van der Waals surface area contributed by atoms with Crippen molar-refractivity contribution in [1.29, 1.82) is 5.26 Å². The van der Waals surface area contributed by atoms with Gasteiger partial charge in [0.05, 0.1) is 0 Å². The summed E-state index contributed by atoms with van der Waals surface area (Å²) in [4.78, 5) is 9.41. The number of hydrogen-bond donors (Lipinski definition) is 0. The molecule has 0 N–H and O–H groups in total. The summed E-state index contributed by atoms with van der Waals surface area (Å²) in [5.41, 5.74) is 1.17. The Hall–Kier alpha value is -1.50. The molecule has 0 aromatic carbocycles. The average Bonchev–Trinajstić information content (AvgIpc) is 1.97. The van der Waals surface area contributed by atoms with Gasteiger partial charge in [-0.25, -0.2) is 0 Å². The Morgan fingerprint density at radius 1 is 1.58 bits per heavy atom. The van der Waals surface area contributed by atoms with Gasteiger partial charge in [0.25, 0.3) is 12.7 Å². The lowest BCUT2D eigenvalue weighted by Crippen LogP contribution is -1.98. The van der Waals surface area contributed by atoms with Crippen LogP contribution in [0.3, 0.4) is 0 Å². The molecular weight excluding hydrogens is 158 g/mol. The third-order valence-electron chi connectivity index (χ3n) is 0.436. The van der Waals surface area contributed by atoms with Crippen molar-refractivity contribution in [2.24, 2.45) is 0 Å². The highest BCUT2D eigenvalue weighted by Gasteiger charge is 1.81. The first-order valence-corrected chi connectivity index (χ1v) is 3.33. The van der Waals surface area contributed by atoms with E-state index in [0.29, 0.717) is 6.47 Å². The number of carbonyl (C=O) groups excluding carboxylic acids is 1. The lowest BCUT2D eigenvalue weighted by atomic mass is 10.4. The molecule has 0 aliphatic rings. The topological polar surface area (TPSA) is 59.3 Å². The Morgan fingerprint density at radius 3 is 2.42 bits per heavy atom. The zero-order valence-corrected chi connectivity index (χ0v) is 7.37. The average molecular weight is 171 g/mol. The van der Waals surface area contributed by atoms with Crippen LogP contribution in [0.1, 0.15) is 13.8 Å². The Bertz CT molecular complexity index is 156. The fourth-order valence-electron chi connectivity index (χ4n) is 0.184. The zero-order chi connectivity index (χ0) is 9.82. The van der Waals surface area contributed by atoms with Crippen molar-refractivity contribution in [3.63, 3.8) is 0 Å². The van der Waals surface area contributed by atoms with Crippen LogP contribution in [0.5, 0.6) is 0 Å². The van der Waals surface area contributed by atoms with E-state index in [2.05, 4.69) is 16.1 Å². The number of allylic oxidation sites excluding steroid dienone is 1. The molecule has 4 nitrogen and oxygen atoms in total. The molecule has 4 heteroatoms. The second-order valence-electron chi connectivity index (χ2n) is 2.11. The van der Waals surface area contributed by atoms with Crippen molar-refractivity contribution in [3.05, 3.63) is 12.2 Å². The van der Waals surface area contributed by atoms with E-state index < -0.39 is 0 Å². The molecule has 0 fully saturated rings. The Morgan fingerprint density at radius 2 is 2.08 bits per heavy atom. The van der Waals surface area contributed by atoms with Crippen LogP contribution in [0.15, 0.2) is 12.2 Å². The molecule has 0 unspecified atom stereocenters. The maximum absolute atomic E-state index is 9.41. The number of ether oxygens (including phenoxy) is 2. The minimum Gasteiger partial charge on any atom is -0.464 e. The van der Waals surface area contributed by atoms with Gasteiger partial charge >= 0.3 is 0 Å². The van der Waals surface area contributed by atoms with Crippen molar-refractivity contribution >= 4 is 6.47 Å². The molecule has 0 aromatic rings. The van der Waals surface area contributed by atoms with Crippen molar-refractivity contribution in [2.75, 3.05) is 13.2 Å². The Kier molecular flexibility index (Phi) is 13.3. The van der Waals surface area contributed by atoms with Crippen molar-refractivity contribution in [3.8, 4) is 6.26 Å². The molecule has 0 spiro atoms. The van der Waals surface area contributed by atoms with Gasteiger partial charge in [0.1, 0.15) is 13.2 Å². The first kappa shape index (κ1) is 13.1. The fourth-order valence-corrected chi connectivity index (χ4v) is 0.184. The molecule has 12 heavy (non-hydrogen) atoms. The molecule has 0 bridgehead atoms. The molecule has 0 saturated carbocycles. The van der Waals surface area contributed by atoms with Gasteiger partial charge in [-0.05, 0) is 13.8 Å². The highest BCUT2D eigenvalue weighted by molar-refractivity contribution is 5.36. The standard InChI is InChI=1S/C4H5NO3.C4H8/c5-3-7-1-2-8-4-6;1-4(2)3/h4H,1-2H2;1H2,2-3H3. The second-order valence-corrected chi connectivity index (χ2v) is 2.11. The number of nitriles is 1. The van der Waals surface area contributed by atoms with Gasteiger partial charge in [-0.3, -0.25) is 4.79 Å². The molecule has 0 aliphatic carbocycles. The Labute approximate surface area is 72.4 Å². The molecule has 0 heterocycles. The molecule has 0 aliphatic heterocycles. The zero-order valence-electron chi connectivity index (χ0n) is 7.37. The molecule has 0 saturated heterocycles. The van der Waals surface area contributed by atoms with Gasteiger partial charge in [0.2, 0.25) is 0 Å². The summed E-state index contributed by atoms with van der Waals surface area (Å²) in [7, 11) is 0. The molecule has 68 valence electrons. The van der Waals surface area contributed by atoms with Gasteiger partial charge in [-0.1, -0.05) is 5.57 Å². The van der Waals surface area contributed by atoms with Crippen LogP contribution in [-0.4, -0.2) is 19.7 Å². The van der Waals surface area contributed by atoms with Crippen LogP contribution < -0.4 is 0 Å². The maximum Gasteiger partial charge on any atom is 0.293 e. The lowest BCUT2D eigenvalue weighted by Gasteiger charge is -1.91. The molecular formula is C8H13NO3. The summed E-state index contributed by atoms with van der Waals surface area (Å²) in [5.74, 6) is 0. The van der Waals surface area contributed by atoms with Gasteiger partial charge in [0, 0.05) is 0 Å². The van der Waals surface area contributed by atoms with E-state index in [-0.39, 0.29) is 13.2 Å². The summed E-state index contributed by atoms with van der Waals surface area (Å²) in [6, 6.07) is 0. The third-order valence-corrected chi connectivity index (χ3v) is 0.436. The largest absolute Gasteiger partial charge is 0.464 e. The second kappa shape index (κ2) is 12.2. The third kappa shape index (κ3) is 39.0. The first-order valence-electron chi connectivity index (χ1n) is 3.33. The predicted octanol–water partition coefficient (Wildman–Crippen LogP) is 1.24. The van der Waals surface area contributed by atoms with Gasteiger partial charge in [-0.15, -0.1) is 6.58 Å². The minimum atomic E-state index is 0.134. The predicted molar refractivity (Wildman–Crippen MR) is 44.1 cm³/mol. The maximum atomic E-state index is 9.41. The molecule has 0 atom stereocenters. The van der Waals surface area contributed by atoms with Crippen molar-refractivity contribution < 1.29 is 14.3 Å². The molecule has 0 aromatic heterocycles. The number of carbonyl (C=O) groups is 1. The van der Waals surface area contributed by atoms with Gasteiger partial charge in [0.15, 0.2) is 0 Å². The van der Waals surface area contributed by atoms with E-state index in [0.717, 1.165) is 0 Å². The number of rotatable bonds is 4. The van der Waals surface area contributed by atoms with Crippen molar-refractivity contribution in [1.82, 2.24) is 0 Å². The fraction of sp³-hybridized carbons (Fsp3) is 0.500. The van der Waals surface area contributed by atoms with Gasteiger partial charge < -0.3 is 9.47 Å². The van der Waals surface area contributed by atoms with E-state index in [1.165, 1.54) is 11.8 Å². The summed E-state index contributed by atoms with van der Waals surface area (Å²) in [5, 5.41) is 7.75. The van der Waals surface area contributed by atoms with E-state index in [1.54, 1.807) is 0 Å². The smallest absolute Gasteiger partial charge is 0.293 e. The van der Waals surface area contributed by atoms with Crippen molar-refractivity contribution in [2.45, 2.75) is 13.8 Å². The summed E-state index contributed by atoms with van der Waals surface area (Å²) < 4.78 is 8.34. The van der Waals surface area contributed by atoms with Crippen LogP contribution in [0, 0.1) is 11.5 Å². The summed E-state index contributed by atoms with van der Waals surface area (Å²) >= 11 is 0. The first-order chi connectivity index (χ1) is 5.65. The molecule has 0 rings (SSSR count). The monoisotopic (exact) mass is 171 g/mol. The van der Waals surface area contributed by atoms with Crippen LogP contribution in [0.2, 0.25) is 0 Å². The Balaban J connectivity index is 0. The molecule has 0 amide bonds. The van der Waals surface area contributed by atoms with Crippen LogP contribution >= 0.6 is 0 Å². The highest BCUT2D eigenvalue weighted by atomic mass is 16.5. The van der Waals surface area contributed by atoms with E-state index in [4.69, 9.17) is 5.26 Å². The number of hydrogen-bond acceptors (Lipinski definition) is 4. The van der Waals surface area contributed by atoms with E-state index in [1.807, 2.05) is 13.8 Å². The van der Waals surface area contributed by atoms with E-state index >= 15 is 0 Å². The van der Waals surface area contributed by atoms with Crippen LogP contribution in [0.25, 0.3) is 0 Å². The lowest BCUT2D eigenvalue weighted by molar-refractivity contribution is -0.129. The number of nitrogens with zero attached hydrogens (tertiary/aromatic N) is 1.